The van der Waals surface area contributed by atoms with Crippen LogP contribution in [0.4, 0.5) is 0 Å². The maximum Gasteiger partial charge on any atom is 0.218 e. The normalized spacial score (nSPS) is 11.4. The Morgan fingerprint density at radius 2 is 1.76 bits per heavy atom. The predicted octanol–water partition coefficient (Wildman–Crippen LogP) is 2.19. The highest BCUT2D eigenvalue weighted by Gasteiger charge is 2.19. The van der Waals surface area contributed by atoms with E-state index in [1.165, 1.54) is 10.4 Å². The van der Waals surface area contributed by atoms with Crippen molar-refractivity contribution in [3.63, 3.8) is 0 Å². The molecule has 0 amide bonds. The van der Waals surface area contributed by atoms with Crippen LogP contribution in [0.25, 0.3) is 0 Å². The molecule has 3 nitrogen and oxygen atoms in total. The zero-order valence-electron chi connectivity index (χ0n) is 9.75. The Morgan fingerprint density at radius 1 is 1.12 bits per heavy atom. The number of hydrogen-bond acceptors (Lipinski definition) is 2. The standard InChI is InChI=1S/C13H17NO2S/c1-3-10-14(17(15,16)11-4-2)12-13-8-6-5-7-9-13/h3-9H,1-2,10-12H2. The zero-order valence-corrected chi connectivity index (χ0v) is 10.6. The van der Waals surface area contributed by atoms with E-state index in [0.29, 0.717) is 13.1 Å². The Hall–Kier alpha value is -1.39. The Morgan fingerprint density at radius 3 is 2.29 bits per heavy atom. The molecule has 0 N–H and O–H groups in total. The minimum Gasteiger partial charge on any atom is -0.212 e. The second-order valence-electron chi connectivity index (χ2n) is 3.63. The monoisotopic (exact) mass is 251 g/mol. The van der Waals surface area contributed by atoms with Crippen LogP contribution in [-0.2, 0) is 16.6 Å². The number of sulfonamides is 1. The second kappa shape index (κ2) is 6.37. The zero-order chi connectivity index (χ0) is 12.7. The molecule has 1 aromatic carbocycles. The van der Waals surface area contributed by atoms with E-state index in [4.69, 9.17) is 0 Å². The maximum absolute atomic E-state index is 11.9. The summed E-state index contributed by atoms with van der Waals surface area (Å²) >= 11 is 0. The molecule has 0 atom stereocenters. The first-order valence-electron chi connectivity index (χ1n) is 5.33. The number of hydrogen-bond donors (Lipinski definition) is 0. The summed E-state index contributed by atoms with van der Waals surface area (Å²) in [5.74, 6) is -0.0479. The van der Waals surface area contributed by atoms with Crippen molar-refractivity contribution in [1.82, 2.24) is 4.31 Å². The minimum atomic E-state index is -3.29. The molecule has 0 spiro atoms. The van der Waals surface area contributed by atoms with Crippen LogP contribution in [0.3, 0.4) is 0 Å². The third-order valence-electron chi connectivity index (χ3n) is 2.26. The van der Waals surface area contributed by atoms with Crippen molar-refractivity contribution in [3.05, 3.63) is 61.2 Å². The summed E-state index contributed by atoms with van der Waals surface area (Å²) in [6.07, 6.45) is 2.99. The summed E-state index contributed by atoms with van der Waals surface area (Å²) in [5.41, 5.74) is 0.960. The molecule has 1 rings (SSSR count). The minimum absolute atomic E-state index is 0.0479. The molecule has 0 fully saturated rings. The van der Waals surface area contributed by atoms with E-state index >= 15 is 0 Å². The highest BCUT2D eigenvalue weighted by molar-refractivity contribution is 7.89. The van der Waals surface area contributed by atoms with Gasteiger partial charge in [0.1, 0.15) is 0 Å². The average molecular weight is 251 g/mol. The van der Waals surface area contributed by atoms with Gasteiger partial charge in [-0.3, -0.25) is 0 Å². The maximum atomic E-state index is 11.9. The highest BCUT2D eigenvalue weighted by Crippen LogP contribution is 2.10. The van der Waals surface area contributed by atoms with E-state index < -0.39 is 10.0 Å². The molecule has 0 aliphatic rings. The van der Waals surface area contributed by atoms with Gasteiger partial charge in [0.15, 0.2) is 0 Å². The highest BCUT2D eigenvalue weighted by atomic mass is 32.2. The fourth-order valence-corrected chi connectivity index (χ4v) is 2.65. The van der Waals surface area contributed by atoms with Gasteiger partial charge in [-0.1, -0.05) is 42.5 Å². The molecule has 0 saturated heterocycles. The first-order chi connectivity index (χ1) is 8.10. The summed E-state index contributed by atoms with van der Waals surface area (Å²) in [4.78, 5) is 0. The van der Waals surface area contributed by atoms with Crippen molar-refractivity contribution in [2.24, 2.45) is 0 Å². The average Bonchev–Trinajstić information content (AvgIpc) is 2.30. The van der Waals surface area contributed by atoms with Crippen LogP contribution >= 0.6 is 0 Å². The SMILES string of the molecule is C=CCN(Cc1ccccc1)S(=O)(=O)CC=C. The lowest BCUT2D eigenvalue weighted by Crippen LogP contribution is -2.32. The molecule has 0 bridgehead atoms. The lowest BCUT2D eigenvalue weighted by Gasteiger charge is -2.19. The van der Waals surface area contributed by atoms with Crippen LogP contribution in [0.5, 0.6) is 0 Å². The van der Waals surface area contributed by atoms with Gasteiger partial charge in [0.05, 0.1) is 5.75 Å². The molecule has 92 valence electrons. The fourth-order valence-electron chi connectivity index (χ4n) is 1.46. The molecule has 0 heterocycles. The van der Waals surface area contributed by atoms with E-state index in [2.05, 4.69) is 13.2 Å². The van der Waals surface area contributed by atoms with Crippen LogP contribution < -0.4 is 0 Å². The molecule has 1 aromatic rings. The van der Waals surface area contributed by atoms with Crippen molar-refractivity contribution in [2.75, 3.05) is 12.3 Å². The third kappa shape index (κ3) is 4.17. The summed E-state index contributed by atoms with van der Waals surface area (Å²) < 4.78 is 25.3. The molecule has 0 aliphatic heterocycles. The van der Waals surface area contributed by atoms with Gasteiger partial charge in [0, 0.05) is 13.1 Å². The lowest BCUT2D eigenvalue weighted by molar-refractivity contribution is 0.441. The first-order valence-corrected chi connectivity index (χ1v) is 6.94. The quantitative estimate of drug-likeness (QED) is 0.697. The molecule has 0 unspecified atom stereocenters. The molecule has 4 heteroatoms. The number of rotatable bonds is 7. The van der Waals surface area contributed by atoms with Gasteiger partial charge in [0.25, 0.3) is 0 Å². The van der Waals surface area contributed by atoms with Gasteiger partial charge in [0.2, 0.25) is 10.0 Å². The van der Waals surface area contributed by atoms with Crippen molar-refractivity contribution in [2.45, 2.75) is 6.54 Å². The predicted molar refractivity (Wildman–Crippen MR) is 71.0 cm³/mol. The van der Waals surface area contributed by atoms with Crippen LogP contribution in [-0.4, -0.2) is 25.0 Å². The summed E-state index contributed by atoms with van der Waals surface area (Å²) in [6.45, 7) is 7.72. The van der Waals surface area contributed by atoms with Gasteiger partial charge < -0.3 is 0 Å². The van der Waals surface area contributed by atoms with Gasteiger partial charge in [-0.05, 0) is 5.56 Å². The Bertz CT molecular complexity index is 465. The fraction of sp³-hybridized carbons (Fsp3) is 0.231. The van der Waals surface area contributed by atoms with Gasteiger partial charge >= 0.3 is 0 Å². The van der Waals surface area contributed by atoms with Crippen molar-refractivity contribution in [1.29, 1.82) is 0 Å². The van der Waals surface area contributed by atoms with Crippen LogP contribution in [0.2, 0.25) is 0 Å². The summed E-state index contributed by atoms with van der Waals surface area (Å²) in [5, 5.41) is 0. The lowest BCUT2D eigenvalue weighted by atomic mass is 10.2. The molecular formula is C13H17NO2S. The van der Waals surface area contributed by atoms with E-state index in [1.54, 1.807) is 6.08 Å². The van der Waals surface area contributed by atoms with E-state index in [9.17, 15) is 8.42 Å². The molecule has 17 heavy (non-hydrogen) atoms. The Kier molecular flexibility index (Phi) is 5.12. The van der Waals surface area contributed by atoms with Gasteiger partial charge in [-0.2, -0.15) is 4.31 Å². The molecule has 0 aliphatic carbocycles. The molecule has 0 saturated carbocycles. The topological polar surface area (TPSA) is 37.4 Å². The van der Waals surface area contributed by atoms with Crippen LogP contribution in [0.1, 0.15) is 5.56 Å². The molecule has 0 aromatic heterocycles. The Balaban J connectivity index is 2.87. The molecule has 0 radical (unpaired) electrons. The van der Waals surface area contributed by atoms with Crippen molar-refractivity contribution >= 4 is 10.0 Å². The van der Waals surface area contributed by atoms with Crippen molar-refractivity contribution < 1.29 is 8.42 Å². The Labute approximate surface area is 103 Å². The summed E-state index contributed by atoms with van der Waals surface area (Å²) in [7, 11) is -3.29. The number of nitrogens with zero attached hydrogens (tertiary/aromatic N) is 1. The van der Waals surface area contributed by atoms with E-state index in [-0.39, 0.29) is 5.75 Å². The third-order valence-corrected chi connectivity index (χ3v) is 3.98. The van der Waals surface area contributed by atoms with E-state index in [1.807, 2.05) is 30.3 Å². The largest absolute Gasteiger partial charge is 0.218 e. The second-order valence-corrected chi connectivity index (χ2v) is 5.65. The summed E-state index contributed by atoms with van der Waals surface area (Å²) in [6, 6.07) is 9.49. The molecular weight excluding hydrogens is 234 g/mol. The van der Waals surface area contributed by atoms with Gasteiger partial charge in [-0.25, -0.2) is 8.42 Å². The van der Waals surface area contributed by atoms with Crippen LogP contribution in [0, 0.1) is 0 Å². The first kappa shape index (κ1) is 13.7. The number of benzene rings is 1. The smallest absolute Gasteiger partial charge is 0.212 e. The van der Waals surface area contributed by atoms with E-state index in [0.717, 1.165) is 5.56 Å². The van der Waals surface area contributed by atoms with Crippen LogP contribution in [0.15, 0.2) is 55.6 Å². The van der Waals surface area contributed by atoms with Crippen molar-refractivity contribution in [3.8, 4) is 0 Å². The van der Waals surface area contributed by atoms with Gasteiger partial charge in [-0.15, -0.1) is 13.2 Å².